The quantitative estimate of drug-likeness (QED) is 0.847. The summed E-state index contributed by atoms with van der Waals surface area (Å²) in [6.45, 7) is 4.17. The van der Waals surface area contributed by atoms with Gasteiger partial charge in [0, 0.05) is 17.1 Å². The normalized spacial score (nSPS) is 14.1. The molecule has 0 saturated heterocycles. The summed E-state index contributed by atoms with van der Waals surface area (Å²) in [5.41, 5.74) is 1.16. The maximum Gasteiger partial charge on any atom is 0.0638 e. The molecule has 0 bridgehead atoms. The van der Waals surface area contributed by atoms with E-state index in [0.717, 1.165) is 17.0 Å². The van der Waals surface area contributed by atoms with E-state index >= 15 is 0 Å². The van der Waals surface area contributed by atoms with Crippen molar-refractivity contribution >= 4 is 11.6 Å². The van der Waals surface area contributed by atoms with E-state index in [2.05, 4.69) is 25.2 Å². The first kappa shape index (κ1) is 13.0. The predicted octanol–water partition coefficient (Wildman–Crippen LogP) is 3.68. The second-order valence-corrected chi connectivity index (χ2v) is 4.35. The number of hydrogen-bond acceptors (Lipinski definition) is 2. The van der Waals surface area contributed by atoms with Crippen molar-refractivity contribution in [2.75, 3.05) is 0 Å². The molecular weight excluding hydrogens is 220 g/mol. The molecule has 16 heavy (non-hydrogen) atoms. The topological polar surface area (TPSA) is 35.8 Å². The monoisotopic (exact) mass is 236 g/mol. The Morgan fingerprint density at radius 2 is 2.25 bits per heavy atom. The molecule has 2 atom stereocenters. The molecule has 2 nitrogen and oxygen atoms in total. The summed E-state index contributed by atoms with van der Waals surface area (Å²) in [6, 6.07) is 10.5. The molecular formula is C13H17ClN2. The van der Waals surface area contributed by atoms with Crippen molar-refractivity contribution in [1.82, 2.24) is 5.32 Å². The van der Waals surface area contributed by atoms with Gasteiger partial charge in [0.2, 0.25) is 0 Å². The fraction of sp³-hybridized carbons (Fsp3) is 0.462. The van der Waals surface area contributed by atoms with Crippen molar-refractivity contribution in [2.45, 2.75) is 38.8 Å². The zero-order chi connectivity index (χ0) is 12.0. The SMILES string of the molecule is CCC(CC#N)N[C@@H](C)c1cccc(Cl)c1. The van der Waals surface area contributed by atoms with Crippen LogP contribution in [0.1, 0.15) is 38.3 Å². The molecule has 1 rings (SSSR count). The van der Waals surface area contributed by atoms with E-state index in [-0.39, 0.29) is 12.1 Å². The van der Waals surface area contributed by atoms with E-state index in [1.165, 1.54) is 0 Å². The standard InChI is InChI=1S/C13H17ClN2/c1-3-13(7-8-15)16-10(2)11-5-4-6-12(14)9-11/h4-6,9-10,13,16H,3,7H2,1-2H3/t10-,13?/m0/s1. The Morgan fingerprint density at radius 1 is 1.50 bits per heavy atom. The van der Waals surface area contributed by atoms with E-state index in [0.29, 0.717) is 6.42 Å². The number of nitrogens with one attached hydrogen (secondary N) is 1. The molecule has 86 valence electrons. The lowest BCUT2D eigenvalue weighted by Crippen LogP contribution is -2.30. The molecule has 0 aromatic heterocycles. The molecule has 0 aliphatic heterocycles. The Bertz CT molecular complexity index is 370. The van der Waals surface area contributed by atoms with Gasteiger partial charge in [-0.2, -0.15) is 5.26 Å². The first-order chi connectivity index (χ1) is 7.67. The van der Waals surface area contributed by atoms with Crippen molar-refractivity contribution in [2.24, 2.45) is 0 Å². The fourth-order valence-corrected chi connectivity index (χ4v) is 1.86. The summed E-state index contributed by atoms with van der Waals surface area (Å²) in [7, 11) is 0. The van der Waals surface area contributed by atoms with Crippen LogP contribution in [0, 0.1) is 11.3 Å². The average Bonchev–Trinajstić information content (AvgIpc) is 2.28. The van der Waals surface area contributed by atoms with E-state index in [1.807, 2.05) is 24.3 Å². The molecule has 1 aromatic rings. The molecule has 0 spiro atoms. The highest BCUT2D eigenvalue weighted by Crippen LogP contribution is 2.18. The van der Waals surface area contributed by atoms with Gasteiger partial charge < -0.3 is 5.32 Å². The molecule has 0 aliphatic rings. The molecule has 1 N–H and O–H groups in total. The highest BCUT2D eigenvalue weighted by Gasteiger charge is 2.11. The van der Waals surface area contributed by atoms with Gasteiger partial charge in [-0.25, -0.2) is 0 Å². The van der Waals surface area contributed by atoms with Crippen molar-refractivity contribution < 1.29 is 0 Å². The van der Waals surface area contributed by atoms with Crippen molar-refractivity contribution in [3.05, 3.63) is 34.9 Å². The second-order valence-electron chi connectivity index (χ2n) is 3.91. The Balaban J connectivity index is 2.64. The van der Waals surface area contributed by atoms with Gasteiger partial charge in [0.15, 0.2) is 0 Å². The van der Waals surface area contributed by atoms with E-state index in [1.54, 1.807) is 0 Å². The van der Waals surface area contributed by atoms with E-state index in [9.17, 15) is 0 Å². The molecule has 0 aliphatic carbocycles. The minimum absolute atomic E-state index is 0.219. The number of halogens is 1. The van der Waals surface area contributed by atoms with E-state index in [4.69, 9.17) is 16.9 Å². The maximum atomic E-state index is 8.68. The minimum atomic E-state index is 0.219. The molecule has 1 aromatic carbocycles. The van der Waals surface area contributed by atoms with Crippen LogP contribution in [0.3, 0.4) is 0 Å². The Labute approximate surface area is 102 Å². The van der Waals surface area contributed by atoms with Crippen LogP contribution in [0.4, 0.5) is 0 Å². The van der Waals surface area contributed by atoms with Crippen LogP contribution in [-0.2, 0) is 0 Å². The second kappa shape index (κ2) is 6.52. The lowest BCUT2D eigenvalue weighted by Gasteiger charge is -2.20. The third kappa shape index (κ3) is 3.84. The highest BCUT2D eigenvalue weighted by molar-refractivity contribution is 6.30. The highest BCUT2D eigenvalue weighted by atomic mass is 35.5. The molecule has 1 unspecified atom stereocenters. The fourth-order valence-electron chi connectivity index (χ4n) is 1.66. The van der Waals surface area contributed by atoms with Gasteiger partial charge in [0.1, 0.15) is 0 Å². The third-order valence-electron chi connectivity index (χ3n) is 2.66. The minimum Gasteiger partial charge on any atom is -0.306 e. The number of nitrogens with zero attached hydrogens (tertiary/aromatic N) is 1. The van der Waals surface area contributed by atoms with Crippen LogP contribution in [0.2, 0.25) is 5.02 Å². The summed E-state index contributed by atoms with van der Waals surface area (Å²) in [5, 5.41) is 12.9. The Kier molecular flexibility index (Phi) is 5.31. The lowest BCUT2D eigenvalue weighted by molar-refractivity contribution is 0.448. The Morgan fingerprint density at radius 3 is 2.81 bits per heavy atom. The van der Waals surface area contributed by atoms with E-state index < -0.39 is 0 Å². The molecule has 0 heterocycles. The van der Waals surface area contributed by atoms with Crippen LogP contribution < -0.4 is 5.32 Å². The van der Waals surface area contributed by atoms with Gasteiger partial charge in [-0.1, -0.05) is 30.7 Å². The number of rotatable bonds is 5. The van der Waals surface area contributed by atoms with Gasteiger partial charge in [-0.3, -0.25) is 0 Å². The van der Waals surface area contributed by atoms with Crippen LogP contribution in [-0.4, -0.2) is 6.04 Å². The van der Waals surface area contributed by atoms with Crippen molar-refractivity contribution in [3.63, 3.8) is 0 Å². The maximum absolute atomic E-state index is 8.68. The van der Waals surface area contributed by atoms with Gasteiger partial charge in [-0.05, 0) is 31.0 Å². The zero-order valence-electron chi connectivity index (χ0n) is 9.70. The summed E-state index contributed by atoms with van der Waals surface area (Å²) >= 11 is 5.94. The third-order valence-corrected chi connectivity index (χ3v) is 2.90. The summed E-state index contributed by atoms with van der Waals surface area (Å²) < 4.78 is 0. The summed E-state index contributed by atoms with van der Waals surface area (Å²) in [4.78, 5) is 0. The molecule has 0 radical (unpaired) electrons. The number of benzene rings is 1. The largest absolute Gasteiger partial charge is 0.306 e. The van der Waals surface area contributed by atoms with Crippen LogP contribution in [0.15, 0.2) is 24.3 Å². The van der Waals surface area contributed by atoms with Crippen LogP contribution >= 0.6 is 11.6 Å². The van der Waals surface area contributed by atoms with Gasteiger partial charge in [0.25, 0.3) is 0 Å². The number of nitriles is 1. The van der Waals surface area contributed by atoms with Crippen LogP contribution in [0.5, 0.6) is 0 Å². The first-order valence-electron chi connectivity index (χ1n) is 5.55. The summed E-state index contributed by atoms with van der Waals surface area (Å²) in [5.74, 6) is 0. The average molecular weight is 237 g/mol. The lowest BCUT2D eigenvalue weighted by atomic mass is 10.1. The predicted molar refractivity (Wildman–Crippen MR) is 67.3 cm³/mol. The smallest absolute Gasteiger partial charge is 0.0638 e. The van der Waals surface area contributed by atoms with Gasteiger partial charge in [-0.15, -0.1) is 0 Å². The molecule has 0 fully saturated rings. The van der Waals surface area contributed by atoms with Crippen molar-refractivity contribution in [1.29, 1.82) is 5.26 Å². The van der Waals surface area contributed by atoms with Gasteiger partial charge in [0.05, 0.1) is 12.5 Å². The summed E-state index contributed by atoms with van der Waals surface area (Å²) in [6.07, 6.45) is 1.50. The van der Waals surface area contributed by atoms with Gasteiger partial charge >= 0.3 is 0 Å². The Hall–Kier alpha value is -1.04. The molecule has 0 saturated carbocycles. The molecule has 0 amide bonds. The molecule has 3 heteroatoms. The van der Waals surface area contributed by atoms with Crippen molar-refractivity contribution in [3.8, 4) is 6.07 Å². The first-order valence-corrected chi connectivity index (χ1v) is 5.93. The van der Waals surface area contributed by atoms with Crippen LogP contribution in [0.25, 0.3) is 0 Å². The zero-order valence-corrected chi connectivity index (χ0v) is 10.5. The number of hydrogen-bond donors (Lipinski definition) is 1.